The highest BCUT2D eigenvalue weighted by Crippen LogP contribution is 2.18. The van der Waals surface area contributed by atoms with E-state index in [1.54, 1.807) is 13.8 Å². The average molecular weight is 344 g/mol. The van der Waals surface area contributed by atoms with E-state index in [9.17, 15) is 9.59 Å². The summed E-state index contributed by atoms with van der Waals surface area (Å²) in [5.74, 6) is 0.405. The third-order valence-corrected chi connectivity index (χ3v) is 4.19. The van der Waals surface area contributed by atoms with Crippen LogP contribution >= 0.6 is 8.58 Å². The molecule has 2 unspecified atom stereocenters. The summed E-state index contributed by atoms with van der Waals surface area (Å²) < 4.78 is 20.6. The van der Waals surface area contributed by atoms with E-state index in [4.69, 9.17) is 18.9 Å². The molecule has 0 aromatic heterocycles. The van der Waals surface area contributed by atoms with Crippen molar-refractivity contribution in [1.82, 2.24) is 0 Å². The molecule has 128 valence electrons. The normalized spacial score (nSPS) is 23.2. The van der Waals surface area contributed by atoms with Crippen molar-refractivity contribution in [2.24, 2.45) is 9.98 Å². The van der Waals surface area contributed by atoms with Crippen LogP contribution in [0.5, 0.6) is 0 Å². The van der Waals surface area contributed by atoms with E-state index >= 15 is 0 Å². The SMILES string of the molecule is CCOC(=O)C1COC(CPCC2=NC(C(=O)OCC)CO2)=N1. The van der Waals surface area contributed by atoms with Crippen LogP contribution in [0, 0.1) is 0 Å². The van der Waals surface area contributed by atoms with Gasteiger partial charge in [-0.1, -0.05) is 0 Å². The molecule has 2 rings (SSSR count). The summed E-state index contributed by atoms with van der Waals surface area (Å²) in [6.45, 7) is 4.65. The van der Waals surface area contributed by atoms with Gasteiger partial charge in [0.15, 0.2) is 23.9 Å². The van der Waals surface area contributed by atoms with Crippen LogP contribution in [0.4, 0.5) is 0 Å². The Hall–Kier alpha value is -1.69. The van der Waals surface area contributed by atoms with E-state index in [2.05, 4.69) is 9.98 Å². The molecule has 0 aromatic carbocycles. The Morgan fingerprint density at radius 3 is 1.83 bits per heavy atom. The first-order valence-electron chi connectivity index (χ1n) is 7.57. The number of nitrogens with zero attached hydrogens (tertiary/aromatic N) is 2. The molecule has 0 fully saturated rings. The number of ether oxygens (including phenoxy) is 4. The highest BCUT2D eigenvalue weighted by molar-refractivity contribution is 7.40. The van der Waals surface area contributed by atoms with Gasteiger partial charge in [-0.2, -0.15) is 0 Å². The summed E-state index contributed by atoms with van der Waals surface area (Å²) in [6.07, 6.45) is 1.23. The van der Waals surface area contributed by atoms with Gasteiger partial charge >= 0.3 is 11.9 Å². The van der Waals surface area contributed by atoms with Gasteiger partial charge in [-0.3, -0.25) is 0 Å². The maximum atomic E-state index is 11.5. The lowest BCUT2D eigenvalue weighted by molar-refractivity contribution is -0.145. The quantitative estimate of drug-likeness (QED) is 0.467. The molecule has 8 nitrogen and oxygen atoms in total. The maximum absolute atomic E-state index is 11.5. The Morgan fingerprint density at radius 2 is 1.43 bits per heavy atom. The van der Waals surface area contributed by atoms with Crippen LogP contribution in [0.1, 0.15) is 13.8 Å². The molecule has 2 aliphatic heterocycles. The van der Waals surface area contributed by atoms with Crippen LogP contribution in [0.25, 0.3) is 0 Å². The minimum Gasteiger partial charge on any atom is -0.478 e. The van der Waals surface area contributed by atoms with Gasteiger partial charge in [0.05, 0.1) is 13.2 Å². The average Bonchev–Trinajstić information content (AvgIpc) is 3.17. The van der Waals surface area contributed by atoms with Gasteiger partial charge in [0.1, 0.15) is 13.2 Å². The molecule has 2 aliphatic rings. The number of hydrogen-bond donors (Lipinski definition) is 0. The lowest BCUT2D eigenvalue weighted by atomic mass is 10.3. The van der Waals surface area contributed by atoms with Gasteiger partial charge in [-0.25, -0.2) is 19.6 Å². The van der Waals surface area contributed by atoms with E-state index < -0.39 is 12.1 Å². The number of hydrogen-bond acceptors (Lipinski definition) is 8. The van der Waals surface area contributed by atoms with Crippen molar-refractivity contribution in [2.75, 3.05) is 38.8 Å². The summed E-state index contributed by atoms with van der Waals surface area (Å²) >= 11 is 0. The number of carbonyl (C=O) groups excluding carboxylic acids is 2. The first-order valence-corrected chi connectivity index (χ1v) is 8.98. The third-order valence-electron chi connectivity index (χ3n) is 3.09. The van der Waals surface area contributed by atoms with E-state index in [0.29, 0.717) is 45.9 Å². The molecule has 23 heavy (non-hydrogen) atoms. The third kappa shape index (κ3) is 5.16. The first-order chi connectivity index (χ1) is 11.1. The Bertz CT molecular complexity index is 463. The van der Waals surface area contributed by atoms with Crippen LogP contribution < -0.4 is 0 Å². The number of aliphatic imine (C=N–C) groups is 2. The van der Waals surface area contributed by atoms with Crippen LogP contribution in [0.15, 0.2) is 9.98 Å². The Morgan fingerprint density at radius 1 is 1.00 bits per heavy atom. The number of esters is 2. The second-order valence-electron chi connectivity index (χ2n) is 4.81. The number of carbonyl (C=O) groups is 2. The molecule has 0 aromatic rings. The van der Waals surface area contributed by atoms with E-state index in [1.165, 1.54) is 0 Å². The smallest absolute Gasteiger partial charge is 0.334 e. The predicted molar refractivity (Wildman–Crippen MR) is 85.7 cm³/mol. The molecule has 2 atom stereocenters. The molecule has 0 saturated heterocycles. The zero-order valence-electron chi connectivity index (χ0n) is 13.2. The molecule has 0 radical (unpaired) electrons. The molecular weight excluding hydrogens is 323 g/mol. The van der Waals surface area contributed by atoms with Crippen molar-refractivity contribution in [3.05, 3.63) is 0 Å². The van der Waals surface area contributed by atoms with Crippen molar-refractivity contribution in [1.29, 1.82) is 0 Å². The second-order valence-corrected chi connectivity index (χ2v) is 6.01. The molecule has 0 amide bonds. The predicted octanol–water partition coefficient (Wildman–Crippen LogP) is 0.386. The molecule has 0 N–H and O–H groups in total. The van der Waals surface area contributed by atoms with Gasteiger partial charge in [0, 0.05) is 12.3 Å². The van der Waals surface area contributed by atoms with Gasteiger partial charge < -0.3 is 18.9 Å². The highest BCUT2D eigenvalue weighted by atomic mass is 31.1. The van der Waals surface area contributed by atoms with Gasteiger partial charge in [0.25, 0.3) is 0 Å². The van der Waals surface area contributed by atoms with Crippen molar-refractivity contribution >= 4 is 32.3 Å². The summed E-state index contributed by atoms with van der Waals surface area (Å²) in [5, 5.41) is 0. The van der Waals surface area contributed by atoms with Crippen molar-refractivity contribution in [3.8, 4) is 0 Å². The molecular formula is C14H21N2O6P. The van der Waals surface area contributed by atoms with E-state index in [0.717, 1.165) is 0 Å². The van der Waals surface area contributed by atoms with E-state index in [1.807, 2.05) is 0 Å². The standard InChI is InChI=1S/C14H21N2O6P/c1-3-19-13(17)9-5-21-11(15-9)7-23-8-12-16-10(6-22-12)14(18)20-4-2/h9-10,23H,3-8H2,1-2H3. The lowest BCUT2D eigenvalue weighted by Gasteiger charge is -2.03. The molecule has 0 bridgehead atoms. The lowest BCUT2D eigenvalue weighted by Crippen LogP contribution is -2.22. The Labute approximate surface area is 136 Å². The summed E-state index contributed by atoms with van der Waals surface area (Å²) in [4.78, 5) is 31.5. The molecule has 0 aliphatic carbocycles. The van der Waals surface area contributed by atoms with Crippen molar-refractivity contribution in [3.63, 3.8) is 0 Å². The van der Waals surface area contributed by atoms with Crippen LogP contribution in [-0.4, -0.2) is 74.6 Å². The van der Waals surface area contributed by atoms with Crippen LogP contribution in [0.3, 0.4) is 0 Å². The van der Waals surface area contributed by atoms with Crippen molar-refractivity contribution in [2.45, 2.75) is 25.9 Å². The van der Waals surface area contributed by atoms with Crippen LogP contribution in [-0.2, 0) is 28.5 Å². The molecule has 0 spiro atoms. The maximum Gasteiger partial charge on any atom is 0.334 e. The van der Waals surface area contributed by atoms with E-state index in [-0.39, 0.29) is 25.2 Å². The Balaban J connectivity index is 1.71. The van der Waals surface area contributed by atoms with Gasteiger partial charge in [-0.05, 0) is 13.8 Å². The van der Waals surface area contributed by atoms with Crippen LogP contribution in [0.2, 0.25) is 0 Å². The fourth-order valence-electron chi connectivity index (χ4n) is 2.04. The molecule has 9 heteroatoms. The molecule has 2 heterocycles. The van der Waals surface area contributed by atoms with Gasteiger partial charge in [0.2, 0.25) is 0 Å². The fourth-order valence-corrected chi connectivity index (χ4v) is 2.97. The van der Waals surface area contributed by atoms with Crippen molar-refractivity contribution < 1.29 is 28.5 Å². The molecule has 0 saturated carbocycles. The number of rotatable bonds is 8. The topological polar surface area (TPSA) is 95.8 Å². The van der Waals surface area contributed by atoms with Gasteiger partial charge in [-0.15, -0.1) is 8.58 Å². The second kappa shape index (κ2) is 8.82. The summed E-state index contributed by atoms with van der Waals surface area (Å²) in [7, 11) is 0.453. The Kier molecular flexibility index (Phi) is 6.77. The fraction of sp³-hybridized carbons (Fsp3) is 0.714. The first kappa shape index (κ1) is 17.7. The minimum absolute atomic E-state index is 0.237. The largest absolute Gasteiger partial charge is 0.478 e. The zero-order valence-corrected chi connectivity index (χ0v) is 14.2. The monoisotopic (exact) mass is 344 g/mol. The highest BCUT2D eigenvalue weighted by Gasteiger charge is 2.28. The summed E-state index contributed by atoms with van der Waals surface area (Å²) in [6, 6.07) is -1.11. The summed E-state index contributed by atoms with van der Waals surface area (Å²) in [5.41, 5.74) is 0. The minimum atomic E-state index is -0.553. The zero-order chi connectivity index (χ0) is 16.7.